The molecule has 2 aromatic carbocycles. The van der Waals surface area contributed by atoms with Gasteiger partial charge in [-0.3, -0.25) is 9.59 Å². The molecule has 0 aliphatic heterocycles. The standard InChI is InChI=1S/C20H23ClN2O5S/c1-3-23(4-2)29(26,27)16-10-11-18(21)17(12-16)20(25)22-13-19(24)28-14-15-8-6-5-7-9-15/h5-12H,3-4,13-14H2,1-2H3,(H,22,25). The van der Waals surface area contributed by atoms with Crippen LogP contribution in [-0.4, -0.2) is 44.2 Å². The molecule has 2 aromatic rings. The van der Waals surface area contributed by atoms with E-state index in [2.05, 4.69) is 5.32 Å². The summed E-state index contributed by atoms with van der Waals surface area (Å²) < 4.78 is 31.7. The molecular formula is C20H23ClN2O5S. The van der Waals surface area contributed by atoms with Crippen molar-refractivity contribution in [2.24, 2.45) is 0 Å². The maximum Gasteiger partial charge on any atom is 0.325 e. The van der Waals surface area contributed by atoms with E-state index >= 15 is 0 Å². The lowest BCUT2D eigenvalue weighted by molar-refractivity contribution is -0.143. The minimum absolute atomic E-state index is 0.0317. The van der Waals surface area contributed by atoms with E-state index in [4.69, 9.17) is 16.3 Å². The van der Waals surface area contributed by atoms with Crippen LogP contribution in [0.5, 0.6) is 0 Å². The summed E-state index contributed by atoms with van der Waals surface area (Å²) in [4.78, 5) is 24.2. The predicted octanol–water partition coefficient (Wildman–Crippen LogP) is 2.84. The summed E-state index contributed by atoms with van der Waals surface area (Å²) in [6.45, 7) is 3.78. The van der Waals surface area contributed by atoms with Gasteiger partial charge in [0.25, 0.3) is 5.91 Å². The molecule has 1 amide bonds. The summed E-state index contributed by atoms with van der Waals surface area (Å²) in [5, 5.41) is 2.49. The zero-order chi connectivity index (χ0) is 21.4. The molecule has 0 atom stereocenters. The molecule has 0 aliphatic carbocycles. The van der Waals surface area contributed by atoms with Crippen LogP contribution in [0.15, 0.2) is 53.4 Å². The van der Waals surface area contributed by atoms with Gasteiger partial charge in [0.15, 0.2) is 0 Å². The highest BCUT2D eigenvalue weighted by Gasteiger charge is 2.24. The van der Waals surface area contributed by atoms with Crippen LogP contribution in [0, 0.1) is 0 Å². The average molecular weight is 439 g/mol. The van der Waals surface area contributed by atoms with E-state index in [9.17, 15) is 18.0 Å². The molecule has 0 fully saturated rings. The SMILES string of the molecule is CCN(CC)S(=O)(=O)c1ccc(Cl)c(C(=O)NCC(=O)OCc2ccccc2)c1. The molecule has 9 heteroatoms. The van der Waals surface area contributed by atoms with Gasteiger partial charge in [0.05, 0.1) is 15.5 Å². The van der Waals surface area contributed by atoms with Crippen LogP contribution in [0.3, 0.4) is 0 Å². The zero-order valence-corrected chi connectivity index (χ0v) is 17.8. The number of carbonyl (C=O) groups is 2. The van der Waals surface area contributed by atoms with E-state index in [1.54, 1.807) is 13.8 Å². The minimum Gasteiger partial charge on any atom is -0.460 e. The van der Waals surface area contributed by atoms with Crippen molar-refractivity contribution in [2.75, 3.05) is 19.6 Å². The van der Waals surface area contributed by atoms with Crippen molar-refractivity contribution >= 4 is 33.5 Å². The molecule has 29 heavy (non-hydrogen) atoms. The molecule has 0 radical (unpaired) electrons. The number of ether oxygens (including phenoxy) is 1. The van der Waals surface area contributed by atoms with Crippen molar-refractivity contribution < 1.29 is 22.7 Å². The second kappa shape index (κ2) is 10.4. The number of nitrogens with zero attached hydrogens (tertiary/aromatic N) is 1. The number of amides is 1. The first-order valence-electron chi connectivity index (χ1n) is 9.07. The van der Waals surface area contributed by atoms with Gasteiger partial charge in [0.1, 0.15) is 13.2 Å². The van der Waals surface area contributed by atoms with Gasteiger partial charge in [-0.15, -0.1) is 0 Å². The summed E-state index contributed by atoms with van der Waals surface area (Å²) in [5.41, 5.74) is 0.792. The van der Waals surface area contributed by atoms with Crippen LogP contribution < -0.4 is 5.32 Å². The molecule has 0 saturated heterocycles. The Morgan fingerprint density at radius 1 is 1.07 bits per heavy atom. The van der Waals surface area contributed by atoms with Gasteiger partial charge < -0.3 is 10.1 Å². The van der Waals surface area contributed by atoms with Gasteiger partial charge in [-0.1, -0.05) is 55.8 Å². The van der Waals surface area contributed by atoms with Crippen molar-refractivity contribution in [3.8, 4) is 0 Å². The van der Waals surface area contributed by atoms with Crippen molar-refractivity contribution in [1.29, 1.82) is 0 Å². The third-order valence-electron chi connectivity index (χ3n) is 4.16. The smallest absolute Gasteiger partial charge is 0.325 e. The number of benzene rings is 2. The topological polar surface area (TPSA) is 92.8 Å². The summed E-state index contributed by atoms with van der Waals surface area (Å²) in [6, 6.07) is 13.0. The molecule has 0 unspecified atom stereocenters. The lowest BCUT2D eigenvalue weighted by atomic mass is 10.2. The molecule has 0 aliphatic rings. The van der Waals surface area contributed by atoms with Gasteiger partial charge in [0, 0.05) is 13.1 Å². The Hall–Kier alpha value is -2.42. The Bertz CT molecular complexity index is 960. The number of nitrogens with one attached hydrogen (secondary N) is 1. The molecule has 7 nitrogen and oxygen atoms in total. The van der Waals surface area contributed by atoms with Crippen molar-refractivity contribution in [3.05, 3.63) is 64.7 Å². The van der Waals surface area contributed by atoms with Crippen molar-refractivity contribution in [2.45, 2.75) is 25.3 Å². The van der Waals surface area contributed by atoms with Crippen LogP contribution in [0.2, 0.25) is 5.02 Å². The molecule has 0 heterocycles. The number of carbonyl (C=O) groups excluding carboxylic acids is 2. The van der Waals surface area contributed by atoms with E-state index in [-0.39, 0.29) is 28.6 Å². The second-order valence-corrected chi connectivity index (χ2v) is 8.41. The monoisotopic (exact) mass is 438 g/mol. The number of sulfonamides is 1. The lowest BCUT2D eigenvalue weighted by Gasteiger charge is -2.19. The van der Waals surface area contributed by atoms with E-state index in [1.807, 2.05) is 30.3 Å². The molecule has 2 rings (SSSR count). The Morgan fingerprint density at radius 3 is 2.34 bits per heavy atom. The van der Waals surface area contributed by atoms with Crippen LogP contribution in [-0.2, 0) is 26.2 Å². The fourth-order valence-electron chi connectivity index (χ4n) is 2.59. The Morgan fingerprint density at radius 2 is 1.72 bits per heavy atom. The molecule has 0 bridgehead atoms. The maximum atomic E-state index is 12.6. The molecule has 0 spiro atoms. The van der Waals surface area contributed by atoms with Gasteiger partial charge in [0.2, 0.25) is 10.0 Å². The molecule has 0 saturated carbocycles. The lowest BCUT2D eigenvalue weighted by Crippen LogP contribution is -2.32. The van der Waals surface area contributed by atoms with Crippen LogP contribution >= 0.6 is 11.6 Å². The second-order valence-electron chi connectivity index (χ2n) is 6.06. The average Bonchev–Trinajstić information content (AvgIpc) is 2.72. The number of rotatable bonds is 9. The Balaban J connectivity index is 2.04. The van der Waals surface area contributed by atoms with Crippen LogP contribution in [0.25, 0.3) is 0 Å². The number of hydrogen-bond donors (Lipinski definition) is 1. The van der Waals surface area contributed by atoms with Gasteiger partial charge in [-0.2, -0.15) is 4.31 Å². The first-order valence-corrected chi connectivity index (χ1v) is 10.9. The number of esters is 1. The zero-order valence-electron chi connectivity index (χ0n) is 16.2. The van der Waals surface area contributed by atoms with Gasteiger partial charge >= 0.3 is 5.97 Å². The Kier molecular flexibility index (Phi) is 8.19. The maximum absolute atomic E-state index is 12.6. The number of halogens is 1. The third-order valence-corrected chi connectivity index (χ3v) is 6.54. The predicted molar refractivity (Wildman–Crippen MR) is 110 cm³/mol. The number of hydrogen-bond acceptors (Lipinski definition) is 5. The first kappa shape index (κ1) is 22.9. The molecule has 0 aromatic heterocycles. The first-order chi connectivity index (χ1) is 13.8. The highest BCUT2D eigenvalue weighted by atomic mass is 35.5. The quantitative estimate of drug-likeness (QED) is 0.607. The molecule has 156 valence electrons. The highest BCUT2D eigenvalue weighted by Crippen LogP contribution is 2.23. The highest BCUT2D eigenvalue weighted by molar-refractivity contribution is 7.89. The van der Waals surface area contributed by atoms with Crippen molar-refractivity contribution in [3.63, 3.8) is 0 Å². The summed E-state index contributed by atoms with van der Waals surface area (Å²) in [5.74, 6) is -1.28. The van der Waals surface area contributed by atoms with Crippen molar-refractivity contribution in [1.82, 2.24) is 9.62 Å². The van der Waals surface area contributed by atoms with E-state index in [0.717, 1.165) is 5.56 Å². The van der Waals surface area contributed by atoms with Crippen LogP contribution in [0.4, 0.5) is 0 Å². The van der Waals surface area contributed by atoms with E-state index in [1.165, 1.54) is 22.5 Å². The van der Waals surface area contributed by atoms with Gasteiger partial charge in [-0.05, 0) is 23.8 Å². The van der Waals surface area contributed by atoms with E-state index < -0.39 is 21.9 Å². The third kappa shape index (κ3) is 6.03. The fraction of sp³-hybridized carbons (Fsp3) is 0.300. The summed E-state index contributed by atoms with van der Waals surface area (Å²) >= 11 is 6.06. The Labute approximate surface area is 175 Å². The van der Waals surface area contributed by atoms with E-state index in [0.29, 0.717) is 13.1 Å². The molecular weight excluding hydrogens is 416 g/mol. The largest absolute Gasteiger partial charge is 0.460 e. The van der Waals surface area contributed by atoms with Crippen LogP contribution in [0.1, 0.15) is 29.8 Å². The van der Waals surface area contributed by atoms with Gasteiger partial charge in [-0.25, -0.2) is 8.42 Å². The molecule has 1 N–H and O–H groups in total. The fourth-order valence-corrected chi connectivity index (χ4v) is 4.28. The summed E-state index contributed by atoms with van der Waals surface area (Å²) in [7, 11) is -3.74. The minimum atomic E-state index is -3.74. The summed E-state index contributed by atoms with van der Waals surface area (Å²) in [6.07, 6.45) is 0. The normalized spacial score (nSPS) is 11.3.